The van der Waals surface area contributed by atoms with Crippen LogP contribution in [0.15, 0.2) is 24.3 Å². The van der Waals surface area contributed by atoms with Crippen molar-refractivity contribution >= 4 is 11.6 Å². The Labute approximate surface area is 102 Å². The summed E-state index contributed by atoms with van der Waals surface area (Å²) >= 11 is 0. The number of anilines is 1. The number of amides is 1. The molecule has 0 aliphatic carbocycles. The lowest BCUT2D eigenvalue weighted by Crippen LogP contribution is -2.39. The molecular weight excluding hydrogens is 216 g/mol. The first-order valence-corrected chi connectivity index (χ1v) is 5.71. The van der Waals surface area contributed by atoms with Crippen molar-refractivity contribution in [2.45, 2.75) is 19.9 Å². The third-order valence-electron chi connectivity index (χ3n) is 2.41. The Morgan fingerprint density at radius 3 is 2.76 bits per heavy atom. The molecule has 1 aromatic carbocycles. The SMILES string of the molecule is COCC(C)NC(=O)CNc1ccccc1C. The van der Waals surface area contributed by atoms with Crippen molar-refractivity contribution in [2.24, 2.45) is 0 Å². The van der Waals surface area contributed by atoms with Crippen LogP contribution in [0.5, 0.6) is 0 Å². The van der Waals surface area contributed by atoms with E-state index in [1.165, 1.54) is 0 Å². The Hall–Kier alpha value is -1.55. The fourth-order valence-corrected chi connectivity index (χ4v) is 1.56. The molecule has 1 aromatic rings. The molecule has 4 nitrogen and oxygen atoms in total. The van der Waals surface area contributed by atoms with Gasteiger partial charge in [-0.3, -0.25) is 4.79 Å². The fraction of sp³-hybridized carbons (Fsp3) is 0.462. The molecule has 0 saturated carbocycles. The molecule has 0 radical (unpaired) electrons. The number of carbonyl (C=O) groups excluding carboxylic acids is 1. The summed E-state index contributed by atoms with van der Waals surface area (Å²) in [6, 6.07) is 7.92. The first kappa shape index (κ1) is 13.5. The number of methoxy groups -OCH3 is 1. The van der Waals surface area contributed by atoms with Gasteiger partial charge in [0, 0.05) is 18.8 Å². The van der Waals surface area contributed by atoms with Crippen LogP contribution in [0.4, 0.5) is 5.69 Å². The van der Waals surface area contributed by atoms with Gasteiger partial charge in [0.15, 0.2) is 0 Å². The van der Waals surface area contributed by atoms with Crippen LogP contribution < -0.4 is 10.6 Å². The number of aryl methyl sites for hydroxylation is 1. The number of carbonyl (C=O) groups is 1. The molecule has 94 valence electrons. The highest BCUT2D eigenvalue weighted by molar-refractivity contribution is 5.81. The maximum Gasteiger partial charge on any atom is 0.239 e. The quantitative estimate of drug-likeness (QED) is 0.788. The molecule has 1 atom stereocenters. The zero-order valence-electron chi connectivity index (χ0n) is 10.6. The van der Waals surface area contributed by atoms with Crippen LogP contribution in [0.2, 0.25) is 0 Å². The second kappa shape index (κ2) is 6.91. The lowest BCUT2D eigenvalue weighted by molar-refractivity contribution is -0.120. The molecule has 0 aliphatic heterocycles. The summed E-state index contributed by atoms with van der Waals surface area (Å²) in [6.07, 6.45) is 0. The minimum absolute atomic E-state index is 0.0298. The molecule has 4 heteroatoms. The number of para-hydroxylation sites is 1. The highest BCUT2D eigenvalue weighted by atomic mass is 16.5. The number of rotatable bonds is 6. The molecule has 1 rings (SSSR count). The standard InChI is InChI=1S/C13H20N2O2/c1-10-6-4-5-7-12(10)14-8-13(16)15-11(2)9-17-3/h4-7,11,14H,8-9H2,1-3H3,(H,15,16). The van der Waals surface area contributed by atoms with Gasteiger partial charge in [-0.05, 0) is 25.5 Å². The minimum Gasteiger partial charge on any atom is -0.383 e. The fourth-order valence-electron chi connectivity index (χ4n) is 1.56. The van der Waals surface area contributed by atoms with Gasteiger partial charge in [-0.25, -0.2) is 0 Å². The lowest BCUT2D eigenvalue weighted by atomic mass is 10.2. The van der Waals surface area contributed by atoms with Crippen molar-refractivity contribution in [3.63, 3.8) is 0 Å². The minimum atomic E-state index is -0.0298. The van der Waals surface area contributed by atoms with E-state index in [0.717, 1.165) is 11.3 Å². The number of hydrogen-bond donors (Lipinski definition) is 2. The molecule has 17 heavy (non-hydrogen) atoms. The van der Waals surface area contributed by atoms with Gasteiger partial charge < -0.3 is 15.4 Å². The van der Waals surface area contributed by atoms with Gasteiger partial charge in [0.05, 0.1) is 13.2 Å². The van der Waals surface area contributed by atoms with Crippen molar-refractivity contribution < 1.29 is 9.53 Å². The summed E-state index contributed by atoms with van der Waals surface area (Å²) in [6.45, 7) is 4.72. The first-order chi connectivity index (χ1) is 8.13. The van der Waals surface area contributed by atoms with Crippen LogP contribution in [0.3, 0.4) is 0 Å². The number of nitrogens with one attached hydrogen (secondary N) is 2. The van der Waals surface area contributed by atoms with Gasteiger partial charge in [0.1, 0.15) is 0 Å². The van der Waals surface area contributed by atoms with Crippen LogP contribution in [0.1, 0.15) is 12.5 Å². The molecule has 1 amide bonds. The summed E-state index contributed by atoms with van der Waals surface area (Å²) in [5, 5.41) is 5.95. The maximum atomic E-state index is 11.6. The van der Waals surface area contributed by atoms with Gasteiger partial charge in [-0.1, -0.05) is 18.2 Å². The van der Waals surface area contributed by atoms with Crippen molar-refractivity contribution in [1.29, 1.82) is 0 Å². The summed E-state index contributed by atoms with van der Waals surface area (Å²) in [5.74, 6) is -0.0298. The second-order valence-electron chi connectivity index (χ2n) is 4.09. The number of benzene rings is 1. The summed E-state index contributed by atoms with van der Waals surface area (Å²) < 4.78 is 4.95. The second-order valence-corrected chi connectivity index (χ2v) is 4.09. The van der Waals surface area contributed by atoms with E-state index >= 15 is 0 Å². The zero-order chi connectivity index (χ0) is 12.7. The molecule has 0 heterocycles. The van der Waals surface area contributed by atoms with Crippen LogP contribution in [0.25, 0.3) is 0 Å². The Bertz CT molecular complexity index is 366. The van der Waals surface area contributed by atoms with Crippen molar-refractivity contribution in [3.05, 3.63) is 29.8 Å². The molecule has 0 aliphatic rings. The summed E-state index contributed by atoms with van der Waals surface area (Å²) in [4.78, 5) is 11.6. The topological polar surface area (TPSA) is 50.4 Å². The Morgan fingerprint density at radius 2 is 2.12 bits per heavy atom. The molecule has 0 aromatic heterocycles. The van der Waals surface area contributed by atoms with E-state index in [-0.39, 0.29) is 18.5 Å². The van der Waals surface area contributed by atoms with E-state index in [0.29, 0.717) is 6.61 Å². The van der Waals surface area contributed by atoms with Crippen LogP contribution >= 0.6 is 0 Å². The van der Waals surface area contributed by atoms with Gasteiger partial charge in [-0.2, -0.15) is 0 Å². The van der Waals surface area contributed by atoms with Crippen molar-refractivity contribution in [1.82, 2.24) is 5.32 Å². The van der Waals surface area contributed by atoms with Gasteiger partial charge in [-0.15, -0.1) is 0 Å². The largest absolute Gasteiger partial charge is 0.383 e. The lowest BCUT2D eigenvalue weighted by Gasteiger charge is -2.14. The molecule has 0 bridgehead atoms. The van der Waals surface area contributed by atoms with E-state index in [9.17, 15) is 4.79 Å². The van der Waals surface area contributed by atoms with E-state index < -0.39 is 0 Å². The summed E-state index contributed by atoms with van der Waals surface area (Å²) in [7, 11) is 1.62. The van der Waals surface area contributed by atoms with Crippen LogP contribution in [0, 0.1) is 6.92 Å². The normalized spacial score (nSPS) is 11.9. The predicted molar refractivity (Wildman–Crippen MR) is 69.1 cm³/mol. The molecule has 1 unspecified atom stereocenters. The first-order valence-electron chi connectivity index (χ1n) is 5.71. The van der Waals surface area contributed by atoms with E-state index in [2.05, 4.69) is 10.6 Å². The highest BCUT2D eigenvalue weighted by Crippen LogP contribution is 2.12. The smallest absolute Gasteiger partial charge is 0.239 e. The van der Waals surface area contributed by atoms with E-state index in [1.54, 1.807) is 7.11 Å². The van der Waals surface area contributed by atoms with Gasteiger partial charge in [0.25, 0.3) is 0 Å². The monoisotopic (exact) mass is 236 g/mol. The summed E-state index contributed by atoms with van der Waals surface area (Å²) in [5.41, 5.74) is 2.12. The Balaban J connectivity index is 2.36. The molecule has 2 N–H and O–H groups in total. The van der Waals surface area contributed by atoms with Gasteiger partial charge >= 0.3 is 0 Å². The maximum absolute atomic E-state index is 11.6. The Morgan fingerprint density at radius 1 is 1.41 bits per heavy atom. The highest BCUT2D eigenvalue weighted by Gasteiger charge is 2.06. The predicted octanol–water partition coefficient (Wildman–Crippen LogP) is 1.56. The van der Waals surface area contributed by atoms with Crippen LogP contribution in [-0.2, 0) is 9.53 Å². The number of ether oxygens (including phenoxy) is 1. The van der Waals surface area contributed by atoms with Crippen LogP contribution in [-0.4, -0.2) is 32.2 Å². The molecule has 0 saturated heterocycles. The zero-order valence-corrected chi connectivity index (χ0v) is 10.6. The van der Waals surface area contributed by atoms with E-state index in [4.69, 9.17) is 4.74 Å². The third-order valence-corrected chi connectivity index (χ3v) is 2.41. The third kappa shape index (κ3) is 4.87. The molecule has 0 fully saturated rings. The molecule has 0 spiro atoms. The van der Waals surface area contributed by atoms with Crippen molar-refractivity contribution in [2.75, 3.05) is 25.6 Å². The molecular formula is C13H20N2O2. The average Bonchev–Trinajstić information content (AvgIpc) is 2.28. The van der Waals surface area contributed by atoms with Gasteiger partial charge in [0.2, 0.25) is 5.91 Å². The van der Waals surface area contributed by atoms with Crippen molar-refractivity contribution in [3.8, 4) is 0 Å². The average molecular weight is 236 g/mol. The Kier molecular flexibility index (Phi) is 5.49. The number of hydrogen-bond acceptors (Lipinski definition) is 3. The van der Waals surface area contributed by atoms with E-state index in [1.807, 2.05) is 38.1 Å².